The highest BCUT2D eigenvalue weighted by molar-refractivity contribution is 5.50. The Morgan fingerprint density at radius 1 is 1.13 bits per heavy atom. The predicted molar refractivity (Wildman–Crippen MR) is 66.3 cm³/mol. The Balaban J connectivity index is 2.24. The van der Waals surface area contributed by atoms with Crippen molar-refractivity contribution in [3.8, 4) is 0 Å². The van der Waals surface area contributed by atoms with Gasteiger partial charge in [-0.05, 0) is 47.4 Å². The van der Waals surface area contributed by atoms with Crippen LogP contribution in [0.15, 0.2) is 18.2 Å². The molecule has 0 fully saturated rings. The first-order valence-electron chi connectivity index (χ1n) is 5.80. The first-order valence-corrected chi connectivity index (χ1v) is 5.80. The quantitative estimate of drug-likeness (QED) is 0.736. The van der Waals surface area contributed by atoms with Crippen molar-refractivity contribution in [2.24, 2.45) is 11.3 Å². The summed E-state index contributed by atoms with van der Waals surface area (Å²) in [6.45, 7) is 7.05. The van der Waals surface area contributed by atoms with Gasteiger partial charge in [-0.15, -0.1) is 0 Å². The van der Waals surface area contributed by atoms with Gasteiger partial charge in [0.15, 0.2) is 0 Å². The normalized spacial score (nSPS) is 20.1. The monoisotopic (exact) mass is 203 g/mol. The molecule has 0 radical (unpaired) electrons. The SMILES string of the molecule is CNc1ccc2c(c1)CC(C(C)(C)C)C2. The Morgan fingerprint density at radius 3 is 2.40 bits per heavy atom. The molecule has 2 rings (SSSR count). The smallest absolute Gasteiger partial charge is 0.0340 e. The number of hydrogen-bond donors (Lipinski definition) is 1. The second-order valence-electron chi connectivity index (χ2n) is 5.70. The Kier molecular flexibility index (Phi) is 2.49. The molecule has 1 aromatic rings. The van der Waals surface area contributed by atoms with Crippen molar-refractivity contribution >= 4 is 5.69 Å². The zero-order valence-corrected chi connectivity index (χ0v) is 10.2. The highest BCUT2D eigenvalue weighted by Crippen LogP contribution is 2.38. The lowest BCUT2D eigenvalue weighted by Crippen LogP contribution is -2.20. The van der Waals surface area contributed by atoms with Crippen molar-refractivity contribution in [1.29, 1.82) is 0 Å². The van der Waals surface area contributed by atoms with E-state index in [4.69, 9.17) is 0 Å². The van der Waals surface area contributed by atoms with Crippen LogP contribution in [0.5, 0.6) is 0 Å². The van der Waals surface area contributed by atoms with Gasteiger partial charge in [0.2, 0.25) is 0 Å². The minimum atomic E-state index is 0.429. The average molecular weight is 203 g/mol. The Morgan fingerprint density at radius 2 is 1.80 bits per heavy atom. The number of fused-ring (bicyclic) bond motifs is 1. The van der Waals surface area contributed by atoms with E-state index in [1.807, 2.05) is 7.05 Å². The van der Waals surface area contributed by atoms with Gasteiger partial charge in [0.1, 0.15) is 0 Å². The van der Waals surface area contributed by atoms with Crippen LogP contribution < -0.4 is 5.32 Å². The Hall–Kier alpha value is -0.980. The van der Waals surface area contributed by atoms with Gasteiger partial charge in [0, 0.05) is 12.7 Å². The molecule has 15 heavy (non-hydrogen) atoms. The Bertz CT molecular complexity index is 360. The average Bonchev–Trinajstić information content (AvgIpc) is 2.59. The van der Waals surface area contributed by atoms with E-state index in [2.05, 4.69) is 44.3 Å². The molecule has 0 bridgehead atoms. The van der Waals surface area contributed by atoms with Gasteiger partial charge in [0.05, 0.1) is 0 Å². The standard InChI is InChI=1S/C14H21N/c1-14(2,3)12-7-10-5-6-13(15-4)9-11(10)8-12/h5-6,9,12,15H,7-8H2,1-4H3. The number of nitrogens with one attached hydrogen (secondary N) is 1. The molecule has 0 heterocycles. The van der Waals surface area contributed by atoms with E-state index < -0.39 is 0 Å². The molecule has 0 aromatic heterocycles. The van der Waals surface area contributed by atoms with Gasteiger partial charge in [-0.1, -0.05) is 26.8 Å². The van der Waals surface area contributed by atoms with Crippen LogP contribution in [0.3, 0.4) is 0 Å². The summed E-state index contributed by atoms with van der Waals surface area (Å²) in [4.78, 5) is 0. The minimum Gasteiger partial charge on any atom is -0.388 e. The molecular weight excluding hydrogens is 182 g/mol. The number of anilines is 1. The molecule has 0 aliphatic heterocycles. The summed E-state index contributed by atoms with van der Waals surface area (Å²) in [7, 11) is 1.98. The summed E-state index contributed by atoms with van der Waals surface area (Å²) in [5, 5.41) is 3.21. The molecule has 0 saturated carbocycles. The third-order valence-corrected chi connectivity index (χ3v) is 3.65. The summed E-state index contributed by atoms with van der Waals surface area (Å²) in [6.07, 6.45) is 2.50. The van der Waals surface area contributed by atoms with E-state index in [1.54, 1.807) is 11.1 Å². The molecule has 1 N–H and O–H groups in total. The highest BCUT2D eigenvalue weighted by atomic mass is 14.8. The van der Waals surface area contributed by atoms with E-state index in [-0.39, 0.29) is 0 Å². The molecule has 1 nitrogen and oxygen atoms in total. The summed E-state index contributed by atoms with van der Waals surface area (Å²) in [5.41, 5.74) is 4.76. The van der Waals surface area contributed by atoms with Crippen LogP contribution in [0.2, 0.25) is 0 Å². The highest BCUT2D eigenvalue weighted by Gasteiger charge is 2.30. The maximum atomic E-state index is 3.21. The fourth-order valence-corrected chi connectivity index (χ4v) is 2.39. The largest absolute Gasteiger partial charge is 0.388 e. The second-order valence-corrected chi connectivity index (χ2v) is 5.70. The Labute approximate surface area is 92.9 Å². The molecule has 0 spiro atoms. The fraction of sp³-hybridized carbons (Fsp3) is 0.571. The van der Waals surface area contributed by atoms with E-state index >= 15 is 0 Å². The van der Waals surface area contributed by atoms with E-state index in [9.17, 15) is 0 Å². The summed E-state index contributed by atoms with van der Waals surface area (Å²) < 4.78 is 0. The van der Waals surface area contributed by atoms with Gasteiger partial charge in [0.25, 0.3) is 0 Å². The first kappa shape index (κ1) is 10.5. The molecule has 0 saturated heterocycles. The van der Waals surface area contributed by atoms with Crippen molar-refractivity contribution < 1.29 is 0 Å². The maximum Gasteiger partial charge on any atom is 0.0340 e. The van der Waals surface area contributed by atoms with Crippen LogP contribution in [0.1, 0.15) is 31.9 Å². The molecular formula is C14H21N. The molecule has 82 valence electrons. The lowest BCUT2D eigenvalue weighted by molar-refractivity contribution is 0.251. The van der Waals surface area contributed by atoms with Gasteiger partial charge in [-0.3, -0.25) is 0 Å². The zero-order chi connectivity index (χ0) is 11.1. The second kappa shape index (κ2) is 3.55. The lowest BCUT2D eigenvalue weighted by atomic mass is 9.79. The molecule has 1 aromatic carbocycles. The van der Waals surface area contributed by atoms with Gasteiger partial charge in [-0.2, -0.15) is 0 Å². The van der Waals surface area contributed by atoms with Crippen LogP contribution in [0.25, 0.3) is 0 Å². The first-order chi connectivity index (χ1) is 7.00. The van der Waals surface area contributed by atoms with Crippen molar-refractivity contribution in [3.63, 3.8) is 0 Å². The number of benzene rings is 1. The number of hydrogen-bond acceptors (Lipinski definition) is 1. The minimum absolute atomic E-state index is 0.429. The fourth-order valence-electron chi connectivity index (χ4n) is 2.39. The summed E-state index contributed by atoms with van der Waals surface area (Å²) in [6, 6.07) is 6.78. The molecule has 0 amide bonds. The van der Waals surface area contributed by atoms with Crippen molar-refractivity contribution in [3.05, 3.63) is 29.3 Å². The third kappa shape index (κ3) is 2.01. The molecule has 1 aliphatic carbocycles. The van der Waals surface area contributed by atoms with E-state index in [0.29, 0.717) is 5.41 Å². The molecule has 1 atom stereocenters. The zero-order valence-electron chi connectivity index (χ0n) is 10.2. The topological polar surface area (TPSA) is 12.0 Å². The molecule has 1 unspecified atom stereocenters. The van der Waals surface area contributed by atoms with Crippen LogP contribution in [0, 0.1) is 11.3 Å². The molecule has 1 heteroatoms. The predicted octanol–water partition coefficient (Wildman–Crippen LogP) is 3.49. The van der Waals surface area contributed by atoms with Crippen LogP contribution in [-0.2, 0) is 12.8 Å². The third-order valence-electron chi connectivity index (χ3n) is 3.65. The number of rotatable bonds is 1. The summed E-state index contributed by atoms with van der Waals surface area (Å²) in [5.74, 6) is 0.805. The van der Waals surface area contributed by atoms with Crippen LogP contribution in [-0.4, -0.2) is 7.05 Å². The van der Waals surface area contributed by atoms with E-state index in [0.717, 1.165) is 5.92 Å². The van der Waals surface area contributed by atoms with Gasteiger partial charge < -0.3 is 5.32 Å². The van der Waals surface area contributed by atoms with Gasteiger partial charge >= 0.3 is 0 Å². The lowest BCUT2D eigenvalue weighted by Gasteiger charge is -2.26. The van der Waals surface area contributed by atoms with Crippen molar-refractivity contribution in [2.45, 2.75) is 33.6 Å². The summed E-state index contributed by atoms with van der Waals surface area (Å²) >= 11 is 0. The maximum absolute atomic E-state index is 3.21. The van der Waals surface area contributed by atoms with Crippen LogP contribution >= 0.6 is 0 Å². The molecule has 1 aliphatic rings. The van der Waals surface area contributed by atoms with E-state index in [1.165, 1.54) is 18.5 Å². The van der Waals surface area contributed by atoms with Crippen LogP contribution in [0.4, 0.5) is 5.69 Å². The van der Waals surface area contributed by atoms with Crippen molar-refractivity contribution in [2.75, 3.05) is 12.4 Å². The van der Waals surface area contributed by atoms with Gasteiger partial charge in [-0.25, -0.2) is 0 Å². The van der Waals surface area contributed by atoms with Crippen molar-refractivity contribution in [1.82, 2.24) is 0 Å².